The highest BCUT2D eigenvalue weighted by Gasteiger charge is 2.15. The predicted octanol–water partition coefficient (Wildman–Crippen LogP) is 2.20. The molecule has 138 valence electrons. The molecule has 3 heterocycles. The van der Waals surface area contributed by atoms with Crippen molar-refractivity contribution in [3.63, 3.8) is 0 Å². The maximum atomic E-state index is 5.42. The van der Waals surface area contributed by atoms with Crippen molar-refractivity contribution in [1.29, 1.82) is 0 Å². The number of aryl methyl sites for hydroxylation is 1. The lowest BCUT2D eigenvalue weighted by atomic mass is 10.2. The molecule has 26 heavy (non-hydrogen) atoms. The molecule has 0 saturated carbocycles. The van der Waals surface area contributed by atoms with Crippen LogP contribution in [0.1, 0.15) is 5.56 Å². The SMILES string of the molecule is Cc1cnc(N2CCOCC2)nc1Nc1ccc(N2CCOCC2)cc1. The van der Waals surface area contributed by atoms with Gasteiger partial charge in [-0.15, -0.1) is 0 Å². The van der Waals surface area contributed by atoms with Gasteiger partial charge in [-0.25, -0.2) is 4.98 Å². The van der Waals surface area contributed by atoms with E-state index in [2.05, 4.69) is 44.4 Å². The summed E-state index contributed by atoms with van der Waals surface area (Å²) in [5.74, 6) is 1.60. The van der Waals surface area contributed by atoms with Gasteiger partial charge >= 0.3 is 0 Å². The highest BCUT2D eigenvalue weighted by Crippen LogP contribution is 2.24. The van der Waals surface area contributed by atoms with Gasteiger partial charge in [0.05, 0.1) is 26.4 Å². The van der Waals surface area contributed by atoms with Crippen molar-refractivity contribution in [2.75, 3.05) is 67.7 Å². The van der Waals surface area contributed by atoms with Gasteiger partial charge in [0.1, 0.15) is 5.82 Å². The Hall–Kier alpha value is -2.38. The van der Waals surface area contributed by atoms with E-state index in [1.165, 1.54) is 5.69 Å². The summed E-state index contributed by atoms with van der Waals surface area (Å²) in [4.78, 5) is 13.7. The first kappa shape index (κ1) is 17.1. The van der Waals surface area contributed by atoms with Crippen LogP contribution in [-0.4, -0.2) is 62.6 Å². The molecule has 7 heteroatoms. The fourth-order valence-electron chi connectivity index (χ4n) is 3.19. The molecule has 2 fully saturated rings. The Kier molecular flexibility index (Phi) is 5.17. The third kappa shape index (κ3) is 3.89. The van der Waals surface area contributed by atoms with Crippen molar-refractivity contribution >= 4 is 23.1 Å². The smallest absolute Gasteiger partial charge is 0.227 e. The Bertz CT molecular complexity index is 725. The Labute approximate surface area is 153 Å². The van der Waals surface area contributed by atoms with Gasteiger partial charge in [0.15, 0.2) is 0 Å². The summed E-state index contributed by atoms with van der Waals surface area (Å²) in [6.07, 6.45) is 1.88. The first-order chi connectivity index (χ1) is 12.8. The lowest BCUT2D eigenvalue weighted by molar-refractivity contribution is 0.122. The van der Waals surface area contributed by atoms with E-state index in [9.17, 15) is 0 Å². The van der Waals surface area contributed by atoms with Crippen molar-refractivity contribution in [1.82, 2.24) is 9.97 Å². The average Bonchev–Trinajstić information content (AvgIpc) is 2.71. The first-order valence-electron chi connectivity index (χ1n) is 9.16. The molecule has 1 N–H and O–H groups in total. The number of morpholine rings is 2. The van der Waals surface area contributed by atoms with Crippen molar-refractivity contribution in [2.24, 2.45) is 0 Å². The minimum Gasteiger partial charge on any atom is -0.378 e. The monoisotopic (exact) mass is 355 g/mol. The van der Waals surface area contributed by atoms with Gasteiger partial charge < -0.3 is 24.6 Å². The van der Waals surface area contributed by atoms with Crippen molar-refractivity contribution in [3.05, 3.63) is 36.0 Å². The zero-order valence-corrected chi connectivity index (χ0v) is 15.1. The van der Waals surface area contributed by atoms with E-state index < -0.39 is 0 Å². The van der Waals surface area contributed by atoms with Crippen molar-refractivity contribution < 1.29 is 9.47 Å². The van der Waals surface area contributed by atoms with Gasteiger partial charge in [-0.1, -0.05) is 0 Å². The number of hydrogen-bond donors (Lipinski definition) is 1. The number of nitrogens with zero attached hydrogens (tertiary/aromatic N) is 4. The fourth-order valence-corrected chi connectivity index (χ4v) is 3.19. The van der Waals surface area contributed by atoms with Crippen LogP contribution in [0.4, 0.5) is 23.1 Å². The van der Waals surface area contributed by atoms with Gasteiger partial charge in [0, 0.05) is 49.3 Å². The number of benzene rings is 1. The lowest BCUT2D eigenvalue weighted by Gasteiger charge is -2.29. The van der Waals surface area contributed by atoms with Gasteiger partial charge in [-0.3, -0.25) is 0 Å². The second kappa shape index (κ2) is 7.88. The van der Waals surface area contributed by atoms with Crippen LogP contribution in [-0.2, 0) is 9.47 Å². The van der Waals surface area contributed by atoms with Gasteiger partial charge in [-0.05, 0) is 31.2 Å². The minimum absolute atomic E-state index is 0.725. The quantitative estimate of drug-likeness (QED) is 0.902. The number of rotatable bonds is 4. The van der Waals surface area contributed by atoms with Crippen LogP contribution in [0.25, 0.3) is 0 Å². The summed E-state index contributed by atoms with van der Waals surface area (Å²) in [6, 6.07) is 8.49. The predicted molar refractivity (Wildman–Crippen MR) is 103 cm³/mol. The maximum Gasteiger partial charge on any atom is 0.227 e. The summed E-state index contributed by atoms with van der Waals surface area (Å²) < 4.78 is 10.8. The lowest BCUT2D eigenvalue weighted by Crippen LogP contribution is -2.37. The Morgan fingerprint density at radius 2 is 1.50 bits per heavy atom. The fraction of sp³-hybridized carbons (Fsp3) is 0.474. The molecule has 2 aliphatic rings. The summed E-state index contributed by atoms with van der Waals surface area (Å²) in [6.45, 7) is 8.61. The number of nitrogens with one attached hydrogen (secondary N) is 1. The zero-order chi connectivity index (χ0) is 17.8. The highest BCUT2D eigenvalue weighted by molar-refractivity contribution is 5.63. The second-order valence-electron chi connectivity index (χ2n) is 6.57. The molecule has 4 rings (SSSR count). The van der Waals surface area contributed by atoms with Crippen LogP contribution in [0.15, 0.2) is 30.5 Å². The van der Waals surface area contributed by atoms with Crippen LogP contribution < -0.4 is 15.1 Å². The summed E-state index contributed by atoms with van der Waals surface area (Å²) >= 11 is 0. The van der Waals surface area contributed by atoms with Gasteiger partial charge in [-0.2, -0.15) is 4.98 Å². The Morgan fingerprint density at radius 1 is 0.885 bits per heavy atom. The minimum atomic E-state index is 0.725. The largest absolute Gasteiger partial charge is 0.378 e. The highest BCUT2D eigenvalue weighted by atomic mass is 16.5. The normalized spacial score (nSPS) is 18.0. The number of aromatic nitrogens is 2. The molecule has 0 spiro atoms. The standard InChI is InChI=1S/C19H25N5O2/c1-15-14-20-19(24-8-12-26-13-9-24)22-18(15)21-16-2-4-17(5-3-16)23-6-10-25-11-7-23/h2-5,14H,6-13H2,1H3,(H,20,21,22). The van der Waals surface area contributed by atoms with E-state index in [0.717, 1.165) is 75.6 Å². The summed E-state index contributed by atoms with van der Waals surface area (Å²) in [5, 5.41) is 3.43. The van der Waals surface area contributed by atoms with E-state index in [1.54, 1.807) is 0 Å². The van der Waals surface area contributed by atoms with E-state index in [4.69, 9.17) is 14.5 Å². The molecule has 0 bridgehead atoms. The summed E-state index contributed by atoms with van der Waals surface area (Å²) in [5.41, 5.74) is 3.28. The molecular weight excluding hydrogens is 330 g/mol. The number of anilines is 4. The van der Waals surface area contributed by atoms with Crippen LogP contribution in [0, 0.1) is 6.92 Å². The average molecular weight is 355 g/mol. The summed E-state index contributed by atoms with van der Waals surface area (Å²) in [7, 11) is 0. The van der Waals surface area contributed by atoms with E-state index in [-0.39, 0.29) is 0 Å². The van der Waals surface area contributed by atoms with E-state index >= 15 is 0 Å². The second-order valence-corrected chi connectivity index (χ2v) is 6.57. The van der Waals surface area contributed by atoms with Crippen molar-refractivity contribution in [3.8, 4) is 0 Å². The van der Waals surface area contributed by atoms with E-state index in [1.807, 2.05) is 13.1 Å². The molecule has 7 nitrogen and oxygen atoms in total. The van der Waals surface area contributed by atoms with Gasteiger partial charge in [0.2, 0.25) is 5.95 Å². The Morgan fingerprint density at radius 3 is 2.15 bits per heavy atom. The molecule has 1 aromatic carbocycles. The molecule has 0 amide bonds. The molecule has 2 aliphatic heterocycles. The van der Waals surface area contributed by atoms with Crippen LogP contribution in [0.5, 0.6) is 0 Å². The van der Waals surface area contributed by atoms with Crippen LogP contribution in [0.3, 0.4) is 0 Å². The molecule has 0 aliphatic carbocycles. The number of hydrogen-bond acceptors (Lipinski definition) is 7. The van der Waals surface area contributed by atoms with Crippen LogP contribution >= 0.6 is 0 Å². The molecular formula is C19H25N5O2. The zero-order valence-electron chi connectivity index (χ0n) is 15.1. The third-order valence-electron chi connectivity index (χ3n) is 4.76. The third-order valence-corrected chi connectivity index (χ3v) is 4.76. The van der Waals surface area contributed by atoms with Crippen LogP contribution in [0.2, 0.25) is 0 Å². The van der Waals surface area contributed by atoms with Crippen molar-refractivity contribution in [2.45, 2.75) is 6.92 Å². The molecule has 0 unspecified atom stereocenters. The molecule has 2 saturated heterocycles. The van der Waals surface area contributed by atoms with Gasteiger partial charge in [0.25, 0.3) is 0 Å². The van der Waals surface area contributed by atoms with E-state index in [0.29, 0.717) is 0 Å². The topological polar surface area (TPSA) is 62.8 Å². The Balaban J connectivity index is 1.47. The first-order valence-corrected chi connectivity index (χ1v) is 9.16. The molecule has 1 aromatic heterocycles. The molecule has 0 atom stereocenters. The number of ether oxygens (including phenoxy) is 2. The maximum absolute atomic E-state index is 5.42. The molecule has 0 radical (unpaired) electrons. The molecule has 2 aromatic rings.